The van der Waals surface area contributed by atoms with Crippen LogP contribution in [0.1, 0.15) is 13.8 Å². The minimum Gasteiger partial charge on any atom is -0.444 e. The summed E-state index contributed by atoms with van der Waals surface area (Å²) < 4.78 is 5.02. The maximum atomic E-state index is 10.5. The topological polar surface area (TPSA) is 69.2 Å². The maximum absolute atomic E-state index is 10.5. The first-order valence-corrected chi connectivity index (χ1v) is 4.91. The van der Waals surface area contributed by atoms with Crippen LogP contribution in [0.4, 0.5) is 5.69 Å². The first-order valence-electron chi connectivity index (χ1n) is 4.91. The summed E-state index contributed by atoms with van der Waals surface area (Å²) in [7, 11) is 0. The van der Waals surface area contributed by atoms with Gasteiger partial charge in [-0.15, -0.1) is 0 Å². The van der Waals surface area contributed by atoms with Gasteiger partial charge in [-0.05, 0) is 0 Å². The van der Waals surface area contributed by atoms with Crippen LogP contribution < -0.4 is 0 Å². The fourth-order valence-electron chi connectivity index (χ4n) is 1.13. The van der Waals surface area contributed by atoms with Crippen LogP contribution in [-0.4, -0.2) is 9.91 Å². The number of oxazole rings is 1. The van der Waals surface area contributed by atoms with Crippen LogP contribution in [0.15, 0.2) is 41.3 Å². The number of nitrogens with zero attached hydrogens (tertiary/aromatic N) is 2. The first kappa shape index (κ1) is 11.9. The van der Waals surface area contributed by atoms with E-state index < -0.39 is 4.92 Å². The third-order valence-corrected chi connectivity index (χ3v) is 1.77. The number of aromatic nitrogens is 1. The quantitative estimate of drug-likeness (QED) is 0.575. The number of benzene rings is 1. The summed E-state index contributed by atoms with van der Waals surface area (Å²) in [4.78, 5) is 13.8. The van der Waals surface area contributed by atoms with Gasteiger partial charge in [-0.25, -0.2) is 4.98 Å². The second-order valence-electron chi connectivity index (χ2n) is 2.67. The molecule has 16 heavy (non-hydrogen) atoms. The highest BCUT2D eigenvalue weighted by molar-refractivity contribution is 5.59. The predicted octanol–water partition coefficient (Wildman–Crippen LogP) is 3.28. The van der Waals surface area contributed by atoms with E-state index in [9.17, 15) is 10.1 Å². The molecular weight excluding hydrogens is 208 g/mol. The molecule has 2 rings (SSSR count). The molecule has 0 radical (unpaired) electrons. The Morgan fingerprint density at radius 1 is 1.38 bits per heavy atom. The molecule has 5 nitrogen and oxygen atoms in total. The highest BCUT2D eigenvalue weighted by Gasteiger charge is 2.08. The van der Waals surface area contributed by atoms with E-state index in [1.54, 1.807) is 12.1 Å². The van der Waals surface area contributed by atoms with Gasteiger partial charge in [0.1, 0.15) is 0 Å². The Bertz CT molecular complexity index is 452. The standard InChI is InChI=1S/C9H6N2O3.C2H6/c12-11(13)8-3-1-2-7(4-8)9-5-10-6-14-9;1-2/h1-6H;1-2H3. The average Bonchev–Trinajstić information content (AvgIpc) is 2.85. The Morgan fingerprint density at radius 2 is 2.12 bits per heavy atom. The van der Waals surface area contributed by atoms with E-state index in [4.69, 9.17) is 4.42 Å². The van der Waals surface area contributed by atoms with Crippen LogP contribution >= 0.6 is 0 Å². The Labute approximate surface area is 92.9 Å². The van der Waals surface area contributed by atoms with Gasteiger partial charge in [-0.3, -0.25) is 10.1 Å². The van der Waals surface area contributed by atoms with Crippen LogP contribution in [0.5, 0.6) is 0 Å². The lowest BCUT2D eigenvalue weighted by Crippen LogP contribution is -1.87. The fraction of sp³-hybridized carbons (Fsp3) is 0.182. The molecule has 0 atom stereocenters. The smallest absolute Gasteiger partial charge is 0.270 e. The van der Waals surface area contributed by atoms with Crippen molar-refractivity contribution >= 4 is 5.69 Å². The van der Waals surface area contributed by atoms with Gasteiger partial charge in [0, 0.05) is 17.7 Å². The molecule has 0 fully saturated rings. The van der Waals surface area contributed by atoms with Crippen molar-refractivity contribution in [3.8, 4) is 11.3 Å². The van der Waals surface area contributed by atoms with E-state index in [-0.39, 0.29) is 5.69 Å². The summed E-state index contributed by atoms with van der Waals surface area (Å²) in [5.74, 6) is 0.522. The molecule has 0 bridgehead atoms. The van der Waals surface area contributed by atoms with E-state index in [1.165, 1.54) is 24.7 Å². The molecule has 84 valence electrons. The third kappa shape index (κ3) is 2.66. The summed E-state index contributed by atoms with van der Waals surface area (Å²) in [6, 6.07) is 6.21. The van der Waals surface area contributed by atoms with Crippen molar-refractivity contribution in [3.05, 3.63) is 47.0 Å². The Balaban J connectivity index is 0.000000606. The van der Waals surface area contributed by atoms with E-state index in [0.717, 1.165) is 0 Å². The Morgan fingerprint density at radius 3 is 2.69 bits per heavy atom. The van der Waals surface area contributed by atoms with Gasteiger partial charge in [0.2, 0.25) is 0 Å². The van der Waals surface area contributed by atoms with Crippen LogP contribution in [-0.2, 0) is 0 Å². The summed E-state index contributed by atoms with van der Waals surface area (Å²) in [6.45, 7) is 4.00. The SMILES string of the molecule is CC.O=[N+]([O-])c1cccc(-c2cnco2)c1. The molecule has 0 saturated heterocycles. The van der Waals surface area contributed by atoms with Gasteiger partial charge >= 0.3 is 0 Å². The van der Waals surface area contributed by atoms with Crippen molar-refractivity contribution in [1.29, 1.82) is 0 Å². The summed E-state index contributed by atoms with van der Waals surface area (Å²) in [6.07, 6.45) is 2.80. The van der Waals surface area contributed by atoms with Crippen molar-refractivity contribution in [2.45, 2.75) is 13.8 Å². The lowest BCUT2D eigenvalue weighted by Gasteiger charge is -1.95. The molecule has 2 aromatic rings. The largest absolute Gasteiger partial charge is 0.444 e. The molecular formula is C11H12N2O3. The lowest BCUT2D eigenvalue weighted by atomic mass is 10.2. The zero-order valence-electron chi connectivity index (χ0n) is 9.08. The second kappa shape index (κ2) is 5.65. The minimum atomic E-state index is -0.445. The molecule has 0 N–H and O–H groups in total. The molecule has 0 amide bonds. The molecule has 0 aliphatic carbocycles. The van der Waals surface area contributed by atoms with Crippen molar-refractivity contribution in [2.24, 2.45) is 0 Å². The van der Waals surface area contributed by atoms with Gasteiger partial charge in [0.05, 0.1) is 11.1 Å². The van der Waals surface area contributed by atoms with Gasteiger partial charge in [-0.2, -0.15) is 0 Å². The summed E-state index contributed by atoms with van der Waals surface area (Å²) in [5.41, 5.74) is 0.690. The van der Waals surface area contributed by atoms with Crippen LogP contribution in [0.25, 0.3) is 11.3 Å². The van der Waals surface area contributed by atoms with Gasteiger partial charge < -0.3 is 4.42 Å². The first-order chi connectivity index (χ1) is 7.77. The van der Waals surface area contributed by atoms with Gasteiger partial charge in [0.25, 0.3) is 5.69 Å². The Kier molecular flexibility index (Phi) is 4.20. The lowest BCUT2D eigenvalue weighted by molar-refractivity contribution is -0.384. The van der Waals surface area contributed by atoms with E-state index in [2.05, 4.69) is 4.98 Å². The normalized spacial score (nSPS) is 9.12. The van der Waals surface area contributed by atoms with Crippen molar-refractivity contribution in [2.75, 3.05) is 0 Å². The van der Waals surface area contributed by atoms with Crippen molar-refractivity contribution in [1.82, 2.24) is 4.98 Å². The predicted molar refractivity (Wildman–Crippen MR) is 59.9 cm³/mol. The summed E-state index contributed by atoms with van der Waals surface area (Å²) in [5, 5.41) is 10.5. The third-order valence-electron chi connectivity index (χ3n) is 1.77. The summed E-state index contributed by atoms with van der Waals surface area (Å²) >= 11 is 0. The number of hydrogen-bond donors (Lipinski definition) is 0. The van der Waals surface area contributed by atoms with Crippen LogP contribution in [0, 0.1) is 10.1 Å². The van der Waals surface area contributed by atoms with E-state index in [1.807, 2.05) is 13.8 Å². The number of non-ortho nitro benzene ring substituents is 1. The molecule has 0 aliphatic heterocycles. The van der Waals surface area contributed by atoms with Gasteiger partial charge in [0.15, 0.2) is 12.2 Å². The molecule has 0 spiro atoms. The number of nitro groups is 1. The number of nitro benzene ring substituents is 1. The minimum absolute atomic E-state index is 0.0406. The second-order valence-corrected chi connectivity index (χ2v) is 2.67. The van der Waals surface area contributed by atoms with E-state index >= 15 is 0 Å². The number of hydrogen-bond acceptors (Lipinski definition) is 4. The molecule has 0 aliphatic rings. The highest BCUT2D eigenvalue weighted by atomic mass is 16.6. The monoisotopic (exact) mass is 220 g/mol. The average molecular weight is 220 g/mol. The zero-order chi connectivity index (χ0) is 12.0. The molecule has 1 aromatic carbocycles. The molecule has 1 heterocycles. The fourth-order valence-corrected chi connectivity index (χ4v) is 1.13. The Hall–Kier alpha value is -2.17. The highest BCUT2D eigenvalue weighted by Crippen LogP contribution is 2.22. The zero-order valence-corrected chi connectivity index (χ0v) is 9.08. The van der Waals surface area contributed by atoms with E-state index in [0.29, 0.717) is 11.3 Å². The van der Waals surface area contributed by atoms with Crippen LogP contribution in [0.2, 0.25) is 0 Å². The molecule has 0 saturated carbocycles. The molecule has 1 aromatic heterocycles. The maximum Gasteiger partial charge on any atom is 0.270 e. The van der Waals surface area contributed by atoms with Crippen LogP contribution in [0.3, 0.4) is 0 Å². The van der Waals surface area contributed by atoms with Crippen molar-refractivity contribution in [3.63, 3.8) is 0 Å². The van der Waals surface area contributed by atoms with Crippen molar-refractivity contribution < 1.29 is 9.34 Å². The molecule has 5 heteroatoms. The number of rotatable bonds is 2. The molecule has 0 unspecified atom stereocenters. The van der Waals surface area contributed by atoms with Gasteiger partial charge in [-0.1, -0.05) is 26.0 Å².